The average molecular weight is 731 g/mol. The number of nitrogen functional groups attached to an aromatic ring is 1. The zero-order valence-corrected chi connectivity index (χ0v) is 34.3. The third-order valence-electron chi connectivity index (χ3n) is 11.0. The summed E-state index contributed by atoms with van der Waals surface area (Å²) in [7, 11) is 10.5. The summed E-state index contributed by atoms with van der Waals surface area (Å²) in [5.74, 6) is -1.12. The van der Waals surface area contributed by atoms with Crippen molar-refractivity contribution in [3.8, 4) is 0 Å². The summed E-state index contributed by atoms with van der Waals surface area (Å²) in [4.78, 5) is 62.6. The maximum absolute atomic E-state index is 14.2. The van der Waals surface area contributed by atoms with E-state index in [9.17, 15) is 19.2 Å². The molecule has 0 radical (unpaired) electrons. The number of hydrogen-bond acceptors (Lipinski definition) is 8. The van der Waals surface area contributed by atoms with Gasteiger partial charge in [-0.3, -0.25) is 24.1 Å². The second-order valence-corrected chi connectivity index (χ2v) is 15.7. The number of carbonyl (C=O) groups excluding carboxylic acids is 4. The van der Waals surface area contributed by atoms with Crippen molar-refractivity contribution in [1.29, 1.82) is 0 Å². The van der Waals surface area contributed by atoms with Crippen LogP contribution in [0, 0.1) is 23.7 Å². The smallest absolute Gasteiger partial charge is 0.245 e. The van der Waals surface area contributed by atoms with Crippen molar-refractivity contribution >= 4 is 29.3 Å². The van der Waals surface area contributed by atoms with Crippen molar-refractivity contribution in [3.63, 3.8) is 0 Å². The van der Waals surface area contributed by atoms with E-state index < -0.39 is 30.2 Å². The molecule has 3 N–H and O–H groups in total. The molecule has 0 aliphatic carbocycles. The molecule has 8 atom stereocenters. The Morgan fingerprint density at radius 3 is 2.13 bits per heavy atom. The topological polar surface area (TPSA) is 138 Å². The minimum absolute atomic E-state index is 0.00186. The Morgan fingerprint density at radius 1 is 0.962 bits per heavy atom. The van der Waals surface area contributed by atoms with Gasteiger partial charge >= 0.3 is 0 Å². The van der Waals surface area contributed by atoms with Crippen molar-refractivity contribution in [1.82, 2.24) is 24.9 Å². The van der Waals surface area contributed by atoms with Gasteiger partial charge in [0.05, 0.1) is 42.7 Å². The SMILES string of the molecule is CCC(C)C(C(CC(=O)N1CCCC1C(OC)C(C)C(=O)N(C)CCc1cccc(N)c1)OC)N(C)C(=O)C(NC(=O)C(C(C)C)N(C)C)C(C)C. The van der Waals surface area contributed by atoms with Gasteiger partial charge in [-0.1, -0.05) is 67.0 Å². The number of benzene rings is 1. The van der Waals surface area contributed by atoms with Crippen LogP contribution in [0.4, 0.5) is 5.69 Å². The van der Waals surface area contributed by atoms with Gasteiger partial charge in [-0.15, -0.1) is 0 Å². The number of methoxy groups -OCH3 is 2. The summed E-state index contributed by atoms with van der Waals surface area (Å²) in [5.41, 5.74) is 7.69. The number of nitrogens with zero attached hydrogens (tertiary/aromatic N) is 4. The monoisotopic (exact) mass is 731 g/mol. The van der Waals surface area contributed by atoms with E-state index in [-0.39, 0.29) is 59.9 Å². The van der Waals surface area contributed by atoms with Gasteiger partial charge in [-0.2, -0.15) is 0 Å². The minimum atomic E-state index is -0.744. The van der Waals surface area contributed by atoms with Crippen molar-refractivity contribution in [2.45, 2.75) is 117 Å². The molecule has 4 amide bonds. The lowest BCUT2D eigenvalue weighted by Crippen LogP contribution is -2.59. The average Bonchev–Trinajstić information content (AvgIpc) is 3.57. The van der Waals surface area contributed by atoms with E-state index in [0.717, 1.165) is 24.8 Å². The molecule has 1 aromatic carbocycles. The molecule has 52 heavy (non-hydrogen) atoms. The van der Waals surface area contributed by atoms with E-state index >= 15 is 0 Å². The summed E-state index contributed by atoms with van der Waals surface area (Å²) < 4.78 is 12.0. The first kappa shape index (κ1) is 44.9. The number of amides is 4. The van der Waals surface area contributed by atoms with Crippen LogP contribution in [0.3, 0.4) is 0 Å². The van der Waals surface area contributed by atoms with Crippen LogP contribution in [0.5, 0.6) is 0 Å². The van der Waals surface area contributed by atoms with Gasteiger partial charge < -0.3 is 35.2 Å². The molecule has 12 nitrogen and oxygen atoms in total. The Kier molecular flexibility index (Phi) is 18.0. The molecule has 1 aliphatic rings. The van der Waals surface area contributed by atoms with E-state index in [1.54, 1.807) is 38.1 Å². The number of likely N-dealkylation sites (N-methyl/N-ethyl adjacent to an activating group) is 3. The van der Waals surface area contributed by atoms with E-state index in [0.29, 0.717) is 25.2 Å². The van der Waals surface area contributed by atoms with Crippen LogP contribution >= 0.6 is 0 Å². The zero-order valence-electron chi connectivity index (χ0n) is 34.3. The quantitative estimate of drug-likeness (QED) is 0.193. The second-order valence-electron chi connectivity index (χ2n) is 15.7. The van der Waals surface area contributed by atoms with Crippen LogP contribution in [0.25, 0.3) is 0 Å². The highest BCUT2D eigenvalue weighted by molar-refractivity contribution is 5.90. The molecular formula is C40H70N6O6. The molecule has 2 rings (SSSR count). The van der Waals surface area contributed by atoms with Crippen LogP contribution in [0.1, 0.15) is 79.7 Å². The summed E-state index contributed by atoms with van der Waals surface area (Å²) in [6.07, 6.45) is 1.94. The maximum atomic E-state index is 14.2. The van der Waals surface area contributed by atoms with Crippen LogP contribution in [0.15, 0.2) is 24.3 Å². The third kappa shape index (κ3) is 11.6. The van der Waals surface area contributed by atoms with Gasteiger partial charge in [0.15, 0.2) is 0 Å². The number of carbonyl (C=O) groups is 4. The molecule has 0 bridgehead atoms. The Morgan fingerprint density at radius 2 is 1.62 bits per heavy atom. The highest BCUT2D eigenvalue weighted by atomic mass is 16.5. The fourth-order valence-electron chi connectivity index (χ4n) is 7.91. The number of hydrogen-bond donors (Lipinski definition) is 2. The molecular weight excluding hydrogens is 660 g/mol. The van der Waals surface area contributed by atoms with Gasteiger partial charge in [0.2, 0.25) is 23.6 Å². The van der Waals surface area contributed by atoms with E-state index in [4.69, 9.17) is 15.2 Å². The zero-order chi connectivity index (χ0) is 39.4. The lowest BCUT2D eigenvalue weighted by atomic mass is 9.89. The molecule has 1 aliphatic heterocycles. The molecule has 296 valence electrons. The Hall–Kier alpha value is -3.22. The predicted octanol–water partition coefficient (Wildman–Crippen LogP) is 3.92. The molecule has 8 unspecified atom stereocenters. The highest BCUT2D eigenvalue weighted by Gasteiger charge is 2.43. The first-order chi connectivity index (χ1) is 24.4. The number of ether oxygens (including phenoxy) is 2. The van der Waals surface area contributed by atoms with Gasteiger partial charge in [0.25, 0.3) is 0 Å². The summed E-state index contributed by atoms with van der Waals surface area (Å²) >= 11 is 0. The van der Waals surface area contributed by atoms with Crippen LogP contribution in [-0.4, -0.2) is 135 Å². The fourth-order valence-corrected chi connectivity index (χ4v) is 7.91. The number of nitrogens with two attached hydrogens (primary N) is 1. The van der Waals surface area contributed by atoms with Crippen molar-refractivity contribution in [3.05, 3.63) is 29.8 Å². The number of nitrogens with one attached hydrogen (secondary N) is 1. The summed E-state index contributed by atoms with van der Waals surface area (Å²) in [5, 5.41) is 3.05. The van der Waals surface area contributed by atoms with Gasteiger partial charge in [-0.05, 0) is 68.8 Å². The molecule has 0 saturated carbocycles. The standard InChI is InChI=1S/C40H70N6O6/c1-14-27(6)36(45(11)40(50)34(25(2)3)42-38(48)35(26(4)5)43(8)9)32(51-12)24-33(47)46-21-16-19-31(46)37(52-13)28(7)39(49)44(10)22-20-29-17-15-18-30(41)23-29/h15,17-18,23,25-28,31-32,34-37H,14,16,19-22,24,41H2,1-13H3,(H,42,48). The normalized spacial score (nSPS) is 18.8. The highest BCUT2D eigenvalue weighted by Crippen LogP contribution is 2.30. The number of likely N-dealkylation sites (tertiary alicyclic amines) is 1. The predicted molar refractivity (Wildman–Crippen MR) is 207 cm³/mol. The van der Waals surface area contributed by atoms with Gasteiger partial charge in [0.1, 0.15) is 6.04 Å². The minimum Gasteiger partial charge on any atom is -0.399 e. The molecule has 1 aromatic rings. The molecule has 1 saturated heterocycles. The van der Waals surface area contributed by atoms with E-state index in [1.165, 1.54) is 0 Å². The lowest BCUT2D eigenvalue weighted by Gasteiger charge is -2.41. The largest absolute Gasteiger partial charge is 0.399 e. The van der Waals surface area contributed by atoms with E-state index in [2.05, 4.69) is 19.2 Å². The lowest BCUT2D eigenvalue weighted by molar-refractivity contribution is -0.149. The molecule has 0 aromatic heterocycles. The Labute approximate surface area is 314 Å². The first-order valence-electron chi connectivity index (χ1n) is 19.1. The molecule has 0 spiro atoms. The van der Waals surface area contributed by atoms with E-state index in [1.807, 2.05) is 82.8 Å². The number of rotatable bonds is 20. The van der Waals surface area contributed by atoms with Crippen molar-refractivity contribution in [2.75, 3.05) is 61.2 Å². The molecule has 1 fully saturated rings. The second kappa shape index (κ2) is 20.9. The van der Waals surface area contributed by atoms with Crippen LogP contribution in [0.2, 0.25) is 0 Å². The number of anilines is 1. The Balaban J connectivity index is 2.24. The molecule has 1 heterocycles. The van der Waals surface area contributed by atoms with Gasteiger partial charge in [-0.25, -0.2) is 0 Å². The van der Waals surface area contributed by atoms with Gasteiger partial charge in [0, 0.05) is 47.1 Å². The third-order valence-corrected chi connectivity index (χ3v) is 11.0. The first-order valence-corrected chi connectivity index (χ1v) is 19.1. The van der Waals surface area contributed by atoms with Crippen LogP contribution < -0.4 is 11.1 Å². The molecule has 12 heteroatoms. The van der Waals surface area contributed by atoms with Crippen LogP contribution in [-0.2, 0) is 35.1 Å². The van der Waals surface area contributed by atoms with Crippen molar-refractivity contribution < 1.29 is 28.7 Å². The summed E-state index contributed by atoms with van der Waals surface area (Å²) in [6.45, 7) is 14.9. The summed E-state index contributed by atoms with van der Waals surface area (Å²) in [6, 6.07) is 5.85. The van der Waals surface area contributed by atoms with Crippen molar-refractivity contribution in [2.24, 2.45) is 23.7 Å². The Bertz CT molecular complexity index is 1300. The maximum Gasteiger partial charge on any atom is 0.245 e. The fraction of sp³-hybridized carbons (Fsp3) is 0.750.